The Bertz CT molecular complexity index is 505. The summed E-state index contributed by atoms with van der Waals surface area (Å²) < 4.78 is 5.76. The van der Waals surface area contributed by atoms with Crippen molar-refractivity contribution in [3.05, 3.63) is 18.0 Å². The van der Waals surface area contributed by atoms with Gasteiger partial charge in [-0.2, -0.15) is 5.10 Å². The standard InChI is InChI=1S/C17H28N4O2/c1-11-4-3-5-13(12(11)2)20-16(22)10-18-14-7-9-23-17(14)15-6-8-19-21-15/h6,8,11-14,17-18H,3-5,7,9-10H2,1-2H3,(H,19,21)(H,20,22)/t11?,12?,13?,14-,17-/m1/s1. The Morgan fingerprint density at radius 2 is 2.22 bits per heavy atom. The van der Waals surface area contributed by atoms with E-state index >= 15 is 0 Å². The fourth-order valence-electron chi connectivity index (χ4n) is 3.80. The summed E-state index contributed by atoms with van der Waals surface area (Å²) in [5, 5.41) is 13.5. The van der Waals surface area contributed by atoms with Crippen LogP contribution in [0.15, 0.2) is 12.3 Å². The van der Waals surface area contributed by atoms with Gasteiger partial charge < -0.3 is 15.4 Å². The van der Waals surface area contributed by atoms with Crippen molar-refractivity contribution in [3.63, 3.8) is 0 Å². The lowest BCUT2D eigenvalue weighted by Crippen LogP contribution is -2.48. The van der Waals surface area contributed by atoms with Gasteiger partial charge in [-0.3, -0.25) is 9.89 Å². The molecule has 2 heterocycles. The maximum atomic E-state index is 12.3. The number of nitrogens with zero attached hydrogens (tertiary/aromatic N) is 1. The number of carbonyl (C=O) groups is 1. The third kappa shape index (κ3) is 3.93. The SMILES string of the molecule is CC1CCCC(NC(=O)CN[C@@H]2CCO[C@H]2c2ccn[nH]2)C1C. The number of amides is 1. The molecule has 1 aliphatic carbocycles. The molecule has 23 heavy (non-hydrogen) atoms. The lowest BCUT2D eigenvalue weighted by atomic mass is 9.78. The summed E-state index contributed by atoms with van der Waals surface area (Å²) in [5.74, 6) is 1.33. The van der Waals surface area contributed by atoms with E-state index in [4.69, 9.17) is 4.74 Å². The highest BCUT2D eigenvalue weighted by molar-refractivity contribution is 5.78. The minimum absolute atomic E-state index is 0.0427. The van der Waals surface area contributed by atoms with Crippen LogP contribution in [0.4, 0.5) is 0 Å². The molecule has 2 aliphatic rings. The normalized spacial score (nSPS) is 34.4. The molecule has 0 aromatic carbocycles. The van der Waals surface area contributed by atoms with E-state index in [-0.39, 0.29) is 18.1 Å². The average Bonchev–Trinajstić information content (AvgIpc) is 3.20. The lowest BCUT2D eigenvalue weighted by molar-refractivity contribution is -0.121. The van der Waals surface area contributed by atoms with E-state index in [9.17, 15) is 4.79 Å². The lowest BCUT2D eigenvalue weighted by Gasteiger charge is -2.34. The van der Waals surface area contributed by atoms with Crippen molar-refractivity contribution >= 4 is 5.91 Å². The monoisotopic (exact) mass is 320 g/mol. The van der Waals surface area contributed by atoms with Crippen LogP contribution in [0.3, 0.4) is 0 Å². The predicted molar refractivity (Wildman–Crippen MR) is 87.8 cm³/mol. The second kappa shape index (κ2) is 7.45. The van der Waals surface area contributed by atoms with Gasteiger partial charge in [0.25, 0.3) is 0 Å². The number of hydrogen-bond acceptors (Lipinski definition) is 4. The summed E-state index contributed by atoms with van der Waals surface area (Å²) in [6.45, 7) is 5.59. The van der Waals surface area contributed by atoms with Gasteiger partial charge in [-0.05, 0) is 30.7 Å². The Morgan fingerprint density at radius 3 is 3.00 bits per heavy atom. The molecule has 1 aromatic heterocycles. The first-order chi connectivity index (χ1) is 11.1. The maximum Gasteiger partial charge on any atom is 0.234 e. The molecule has 6 heteroatoms. The zero-order valence-corrected chi connectivity index (χ0v) is 14.0. The van der Waals surface area contributed by atoms with Crippen LogP contribution in [0.25, 0.3) is 0 Å². The third-order valence-corrected chi connectivity index (χ3v) is 5.50. The van der Waals surface area contributed by atoms with Gasteiger partial charge in [-0.1, -0.05) is 26.7 Å². The summed E-state index contributed by atoms with van der Waals surface area (Å²) in [7, 11) is 0. The molecule has 0 radical (unpaired) electrons. The van der Waals surface area contributed by atoms with Gasteiger partial charge >= 0.3 is 0 Å². The fourth-order valence-corrected chi connectivity index (χ4v) is 3.80. The van der Waals surface area contributed by atoms with Crippen molar-refractivity contribution < 1.29 is 9.53 Å². The Labute approximate surface area is 137 Å². The van der Waals surface area contributed by atoms with Crippen molar-refractivity contribution in [2.75, 3.05) is 13.2 Å². The Kier molecular flexibility index (Phi) is 5.33. The van der Waals surface area contributed by atoms with E-state index in [0.717, 1.165) is 18.5 Å². The summed E-state index contributed by atoms with van der Waals surface area (Å²) in [6, 6.07) is 2.40. The highest BCUT2D eigenvalue weighted by Crippen LogP contribution is 2.29. The van der Waals surface area contributed by atoms with Crippen LogP contribution in [0.5, 0.6) is 0 Å². The molecule has 1 aromatic rings. The van der Waals surface area contributed by atoms with E-state index in [0.29, 0.717) is 31.0 Å². The van der Waals surface area contributed by atoms with Crippen LogP contribution in [0.1, 0.15) is 51.3 Å². The summed E-state index contributed by atoms with van der Waals surface area (Å²) in [6.07, 6.45) is 6.18. The second-order valence-corrected chi connectivity index (χ2v) is 7.02. The van der Waals surface area contributed by atoms with Crippen LogP contribution in [0, 0.1) is 11.8 Å². The van der Waals surface area contributed by atoms with E-state index in [1.165, 1.54) is 12.8 Å². The first kappa shape index (κ1) is 16.5. The van der Waals surface area contributed by atoms with Gasteiger partial charge in [-0.15, -0.1) is 0 Å². The van der Waals surface area contributed by atoms with E-state index in [1.807, 2.05) is 6.07 Å². The van der Waals surface area contributed by atoms with E-state index in [2.05, 4.69) is 34.7 Å². The molecule has 6 nitrogen and oxygen atoms in total. The molecule has 1 amide bonds. The van der Waals surface area contributed by atoms with Gasteiger partial charge in [0, 0.05) is 24.9 Å². The Hall–Kier alpha value is -1.40. The van der Waals surface area contributed by atoms with Crippen molar-refractivity contribution in [2.24, 2.45) is 11.8 Å². The first-order valence-corrected chi connectivity index (χ1v) is 8.78. The van der Waals surface area contributed by atoms with Gasteiger partial charge in [0.05, 0.1) is 12.2 Å². The molecule has 3 rings (SSSR count). The molecule has 3 N–H and O–H groups in total. The largest absolute Gasteiger partial charge is 0.370 e. The number of nitrogens with one attached hydrogen (secondary N) is 3. The van der Waals surface area contributed by atoms with Crippen molar-refractivity contribution in [1.29, 1.82) is 0 Å². The quantitative estimate of drug-likeness (QED) is 0.772. The van der Waals surface area contributed by atoms with Gasteiger partial charge in [0.15, 0.2) is 0 Å². The van der Waals surface area contributed by atoms with Crippen molar-refractivity contribution in [2.45, 2.75) is 57.7 Å². The van der Waals surface area contributed by atoms with Gasteiger partial charge in [0.2, 0.25) is 5.91 Å². The number of aromatic nitrogens is 2. The molecule has 5 atom stereocenters. The van der Waals surface area contributed by atoms with Crippen LogP contribution in [-0.4, -0.2) is 41.3 Å². The molecular weight excluding hydrogens is 292 g/mol. The fraction of sp³-hybridized carbons (Fsp3) is 0.765. The number of aromatic amines is 1. The predicted octanol–water partition coefficient (Wildman–Crippen LogP) is 1.77. The summed E-state index contributed by atoms with van der Waals surface area (Å²) in [4.78, 5) is 12.3. The molecule has 2 fully saturated rings. The van der Waals surface area contributed by atoms with Crippen LogP contribution in [-0.2, 0) is 9.53 Å². The van der Waals surface area contributed by atoms with Crippen LogP contribution in [0.2, 0.25) is 0 Å². The van der Waals surface area contributed by atoms with E-state index in [1.54, 1.807) is 6.20 Å². The molecule has 3 unspecified atom stereocenters. The summed E-state index contributed by atoms with van der Waals surface area (Å²) >= 11 is 0. The number of H-pyrrole nitrogens is 1. The molecule has 128 valence electrons. The average molecular weight is 320 g/mol. The highest BCUT2D eigenvalue weighted by Gasteiger charge is 2.32. The third-order valence-electron chi connectivity index (χ3n) is 5.50. The smallest absolute Gasteiger partial charge is 0.234 e. The number of hydrogen-bond donors (Lipinski definition) is 3. The molecule has 1 aliphatic heterocycles. The summed E-state index contributed by atoms with van der Waals surface area (Å²) in [5.41, 5.74) is 0.968. The van der Waals surface area contributed by atoms with Crippen LogP contribution >= 0.6 is 0 Å². The number of ether oxygens (including phenoxy) is 1. The number of rotatable bonds is 5. The molecule has 0 spiro atoms. The minimum Gasteiger partial charge on any atom is -0.370 e. The highest BCUT2D eigenvalue weighted by atomic mass is 16.5. The second-order valence-electron chi connectivity index (χ2n) is 7.02. The van der Waals surface area contributed by atoms with Crippen molar-refractivity contribution in [1.82, 2.24) is 20.8 Å². The van der Waals surface area contributed by atoms with E-state index < -0.39 is 0 Å². The maximum absolute atomic E-state index is 12.3. The van der Waals surface area contributed by atoms with Gasteiger partial charge in [0.1, 0.15) is 6.10 Å². The minimum atomic E-state index is -0.0427. The topological polar surface area (TPSA) is 79.0 Å². The molecular formula is C17H28N4O2. The molecule has 1 saturated carbocycles. The molecule has 1 saturated heterocycles. The molecule has 0 bridgehead atoms. The van der Waals surface area contributed by atoms with Crippen molar-refractivity contribution in [3.8, 4) is 0 Å². The Balaban J connectivity index is 1.47. The van der Waals surface area contributed by atoms with Gasteiger partial charge in [-0.25, -0.2) is 0 Å². The van der Waals surface area contributed by atoms with Crippen LogP contribution < -0.4 is 10.6 Å². The first-order valence-electron chi connectivity index (χ1n) is 8.78. The zero-order valence-electron chi connectivity index (χ0n) is 14.0. The Morgan fingerprint density at radius 1 is 1.35 bits per heavy atom. The number of carbonyl (C=O) groups excluding carboxylic acids is 1. The zero-order chi connectivity index (χ0) is 16.2.